The Bertz CT molecular complexity index is 607. The van der Waals surface area contributed by atoms with Crippen LogP contribution in [0.15, 0.2) is 42.7 Å². The molecule has 3 rings (SSSR count). The van der Waals surface area contributed by atoms with Gasteiger partial charge in [0, 0.05) is 18.9 Å². The van der Waals surface area contributed by atoms with Gasteiger partial charge in [-0.05, 0) is 30.1 Å². The number of rotatable bonds is 6. The Hall–Kier alpha value is -1.39. The Kier molecular flexibility index (Phi) is 5.33. The zero-order chi connectivity index (χ0) is 16.1. The zero-order valence-electron chi connectivity index (χ0n) is 14.1. The molecule has 1 atom stereocenters. The van der Waals surface area contributed by atoms with E-state index >= 15 is 0 Å². The van der Waals surface area contributed by atoms with Crippen molar-refractivity contribution in [3.63, 3.8) is 0 Å². The second-order valence-corrected chi connectivity index (χ2v) is 10.6. The van der Waals surface area contributed by atoms with E-state index in [2.05, 4.69) is 33.8 Å². The lowest BCUT2D eigenvalue weighted by Gasteiger charge is -2.36. The maximum Gasteiger partial charge on any atom is 0.223 e. The van der Waals surface area contributed by atoms with Crippen LogP contribution in [0.4, 0.5) is 0 Å². The fraction of sp³-hybridized carbons (Fsp3) is 0.526. The molecule has 1 aliphatic carbocycles. The molecule has 124 valence electrons. The van der Waals surface area contributed by atoms with Crippen molar-refractivity contribution < 1.29 is 4.80 Å². The predicted octanol–water partition coefficient (Wildman–Crippen LogP) is 3.76. The first-order valence-corrected chi connectivity index (χ1v) is 11.2. The van der Waals surface area contributed by atoms with Crippen LogP contribution in [0, 0.1) is 6.92 Å². The average Bonchev–Trinajstić information content (AvgIpc) is 3.01. The van der Waals surface area contributed by atoms with Gasteiger partial charge >= 0.3 is 0 Å². The Labute approximate surface area is 140 Å². The molecule has 0 saturated heterocycles. The van der Waals surface area contributed by atoms with E-state index in [0.717, 1.165) is 24.8 Å². The van der Waals surface area contributed by atoms with E-state index in [1.165, 1.54) is 37.3 Å². The van der Waals surface area contributed by atoms with Gasteiger partial charge in [0.1, 0.15) is 5.82 Å². The van der Waals surface area contributed by atoms with Crippen molar-refractivity contribution in [2.45, 2.75) is 63.6 Å². The quantitative estimate of drug-likeness (QED) is 0.820. The van der Waals surface area contributed by atoms with Gasteiger partial charge in [0.25, 0.3) is 0 Å². The SMILES string of the molecule is Cc1nccn1CCC[Si](O)(c1ccccc1)C1CCCCC1. The number of aromatic nitrogens is 2. The maximum absolute atomic E-state index is 11.7. The van der Waals surface area contributed by atoms with Gasteiger partial charge in [0.05, 0.1) is 0 Å². The van der Waals surface area contributed by atoms with Gasteiger partial charge in [-0.1, -0.05) is 62.4 Å². The topological polar surface area (TPSA) is 38.0 Å². The molecule has 1 aromatic heterocycles. The van der Waals surface area contributed by atoms with Crippen LogP contribution in [0.5, 0.6) is 0 Å². The molecule has 1 saturated carbocycles. The number of aryl methyl sites for hydroxylation is 2. The highest BCUT2D eigenvalue weighted by Gasteiger charge is 2.41. The molecule has 3 nitrogen and oxygen atoms in total. The third-order valence-electron chi connectivity index (χ3n) is 5.43. The minimum atomic E-state index is -2.41. The zero-order valence-corrected chi connectivity index (χ0v) is 15.1. The minimum absolute atomic E-state index is 0.530. The van der Waals surface area contributed by atoms with Crippen molar-refractivity contribution in [2.24, 2.45) is 0 Å². The average molecular weight is 329 g/mol. The van der Waals surface area contributed by atoms with Gasteiger partial charge in [-0.3, -0.25) is 0 Å². The number of hydrogen-bond acceptors (Lipinski definition) is 2. The highest BCUT2D eigenvalue weighted by molar-refractivity contribution is 6.86. The van der Waals surface area contributed by atoms with Crippen LogP contribution in [0.1, 0.15) is 44.3 Å². The van der Waals surface area contributed by atoms with Crippen molar-refractivity contribution in [3.8, 4) is 0 Å². The lowest BCUT2D eigenvalue weighted by molar-refractivity contribution is 0.430. The van der Waals surface area contributed by atoms with E-state index in [0.29, 0.717) is 5.54 Å². The van der Waals surface area contributed by atoms with Crippen LogP contribution >= 0.6 is 0 Å². The summed E-state index contributed by atoms with van der Waals surface area (Å²) in [6, 6.07) is 11.5. The predicted molar refractivity (Wildman–Crippen MR) is 97.3 cm³/mol. The molecule has 0 aliphatic heterocycles. The molecule has 1 unspecified atom stereocenters. The summed E-state index contributed by atoms with van der Waals surface area (Å²) >= 11 is 0. The van der Waals surface area contributed by atoms with Crippen molar-refractivity contribution in [3.05, 3.63) is 48.5 Å². The standard InChI is InChI=1S/C19H28N2OSi/c1-17-20-13-15-21(17)14-8-16-23(22,18-9-4-2-5-10-18)19-11-6-3-7-12-19/h2,4-5,9-10,13,15,19,22H,3,6-8,11-12,14,16H2,1H3. The Morgan fingerprint density at radius 1 is 1.17 bits per heavy atom. The summed E-state index contributed by atoms with van der Waals surface area (Å²) in [5.74, 6) is 1.06. The second kappa shape index (κ2) is 7.45. The first-order chi connectivity index (χ1) is 11.2. The van der Waals surface area contributed by atoms with E-state index in [9.17, 15) is 4.80 Å². The third kappa shape index (κ3) is 3.75. The van der Waals surface area contributed by atoms with Gasteiger partial charge in [-0.15, -0.1) is 0 Å². The van der Waals surface area contributed by atoms with E-state index in [1.54, 1.807) is 0 Å². The first-order valence-electron chi connectivity index (χ1n) is 8.96. The molecule has 1 fully saturated rings. The summed E-state index contributed by atoms with van der Waals surface area (Å²) in [6.45, 7) is 3.00. The molecule has 23 heavy (non-hydrogen) atoms. The van der Waals surface area contributed by atoms with Crippen LogP contribution in [-0.2, 0) is 6.54 Å². The molecule has 0 amide bonds. The number of benzene rings is 1. The summed E-state index contributed by atoms with van der Waals surface area (Å²) in [4.78, 5) is 16.0. The number of hydrogen-bond donors (Lipinski definition) is 1. The Morgan fingerprint density at radius 3 is 2.57 bits per heavy atom. The molecule has 0 bridgehead atoms. The summed E-state index contributed by atoms with van der Waals surface area (Å²) in [5, 5.41) is 1.23. The summed E-state index contributed by atoms with van der Waals surface area (Å²) in [5.41, 5.74) is 0.530. The van der Waals surface area contributed by atoms with Crippen molar-refractivity contribution in [1.82, 2.24) is 9.55 Å². The van der Waals surface area contributed by atoms with Crippen LogP contribution in [0.2, 0.25) is 11.6 Å². The van der Waals surface area contributed by atoms with Crippen LogP contribution in [0.25, 0.3) is 0 Å². The highest BCUT2D eigenvalue weighted by Crippen LogP contribution is 2.38. The van der Waals surface area contributed by atoms with Gasteiger partial charge in [0.15, 0.2) is 0 Å². The molecule has 2 aromatic rings. The van der Waals surface area contributed by atoms with E-state index < -0.39 is 8.32 Å². The second-order valence-electron chi connectivity index (χ2n) is 6.90. The number of nitrogens with zero attached hydrogens (tertiary/aromatic N) is 2. The maximum atomic E-state index is 11.7. The molecule has 1 aliphatic rings. The van der Waals surface area contributed by atoms with Crippen molar-refractivity contribution in [1.29, 1.82) is 0 Å². The normalized spacial score (nSPS) is 18.7. The van der Waals surface area contributed by atoms with Gasteiger partial charge in [0.2, 0.25) is 8.32 Å². The Balaban J connectivity index is 1.73. The monoisotopic (exact) mass is 328 g/mol. The smallest absolute Gasteiger partial charge is 0.223 e. The van der Waals surface area contributed by atoms with E-state index in [-0.39, 0.29) is 0 Å². The molecule has 0 spiro atoms. The molecular weight excluding hydrogens is 300 g/mol. The summed E-state index contributed by atoms with van der Waals surface area (Å²) in [6.07, 6.45) is 11.3. The molecule has 1 aromatic carbocycles. The minimum Gasteiger partial charge on any atom is -0.427 e. The Morgan fingerprint density at radius 2 is 1.91 bits per heavy atom. The number of imidazole rings is 1. The highest BCUT2D eigenvalue weighted by atomic mass is 28.4. The van der Waals surface area contributed by atoms with E-state index in [1.807, 2.05) is 25.4 Å². The summed E-state index contributed by atoms with van der Waals surface area (Å²) in [7, 11) is -2.41. The van der Waals surface area contributed by atoms with E-state index in [4.69, 9.17) is 0 Å². The first kappa shape index (κ1) is 16.5. The van der Waals surface area contributed by atoms with Crippen molar-refractivity contribution >= 4 is 13.5 Å². The molecule has 1 N–H and O–H groups in total. The van der Waals surface area contributed by atoms with Gasteiger partial charge < -0.3 is 9.36 Å². The summed E-state index contributed by atoms with van der Waals surface area (Å²) < 4.78 is 2.20. The lowest BCUT2D eigenvalue weighted by Crippen LogP contribution is -2.52. The van der Waals surface area contributed by atoms with Crippen LogP contribution < -0.4 is 5.19 Å². The van der Waals surface area contributed by atoms with Gasteiger partial charge in [-0.2, -0.15) is 0 Å². The third-order valence-corrected chi connectivity index (χ3v) is 9.81. The molecular formula is C19H28N2OSi. The lowest BCUT2D eigenvalue weighted by atomic mass is 10.0. The largest absolute Gasteiger partial charge is 0.427 e. The van der Waals surface area contributed by atoms with Crippen molar-refractivity contribution in [2.75, 3.05) is 0 Å². The fourth-order valence-electron chi connectivity index (χ4n) is 4.05. The van der Waals surface area contributed by atoms with Crippen LogP contribution in [0.3, 0.4) is 0 Å². The fourth-order valence-corrected chi connectivity index (χ4v) is 8.05. The van der Waals surface area contributed by atoms with Crippen LogP contribution in [-0.4, -0.2) is 22.7 Å². The van der Waals surface area contributed by atoms with Gasteiger partial charge in [-0.25, -0.2) is 4.98 Å². The molecule has 1 heterocycles. The molecule has 4 heteroatoms. The molecule has 0 radical (unpaired) electrons.